The number of sulfonamides is 1. The Bertz CT molecular complexity index is 1030. The molecule has 2 aromatic rings. The molecule has 1 saturated carbocycles. The topological polar surface area (TPSA) is 121 Å². The van der Waals surface area contributed by atoms with Crippen LogP contribution in [0.2, 0.25) is 0 Å². The molecule has 0 unspecified atom stereocenters. The lowest BCUT2D eigenvalue weighted by atomic mass is 10.2. The van der Waals surface area contributed by atoms with Crippen LogP contribution in [-0.4, -0.2) is 20.1 Å². The molecule has 2 aliphatic rings. The number of carbonyl (C=O) groups excluding carboxylic acids is 1. The number of hydrogen-bond donors (Lipinski definition) is 2. The van der Waals surface area contributed by atoms with Gasteiger partial charge in [0.1, 0.15) is 22.0 Å². The Balaban J connectivity index is 1.61. The van der Waals surface area contributed by atoms with E-state index in [4.69, 9.17) is 19.0 Å². The summed E-state index contributed by atoms with van der Waals surface area (Å²) in [5.41, 5.74) is 0.357. The van der Waals surface area contributed by atoms with E-state index in [1.165, 1.54) is 13.8 Å². The summed E-state index contributed by atoms with van der Waals surface area (Å²) < 4.78 is 40.9. The van der Waals surface area contributed by atoms with E-state index < -0.39 is 21.7 Å². The van der Waals surface area contributed by atoms with Gasteiger partial charge in [-0.3, -0.25) is 4.79 Å². The number of primary sulfonamides is 1. The van der Waals surface area contributed by atoms with Crippen LogP contribution in [0, 0.1) is 13.8 Å². The van der Waals surface area contributed by atoms with Gasteiger partial charge in [0.15, 0.2) is 11.5 Å². The lowest BCUT2D eigenvalue weighted by Crippen LogP contribution is -2.34. The summed E-state index contributed by atoms with van der Waals surface area (Å²) in [7, 11) is -4.10. The number of hydrogen-bond acceptors (Lipinski definition) is 6. The third-order valence-electron chi connectivity index (χ3n) is 4.88. The van der Waals surface area contributed by atoms with Crippen LogP contribution in [0.15, 0.2) is 27.5 Å². The van der Waals surface area contributed by atoms with Crippen LogP contribution in [0.3, 0.4) is 0 Å². The predicted molar refractivity (Wildman–Crippen MR) is 96.4 cm³/mol. The molecule has 27 heavy (non-hydrogen) atoms. The van der Waals surface area contributed by atoms with Crippen molar-refractivity contribution < 1.29 is 27.1 Å². The number of carbonyl (C=O) groups is 1. The molecular formula is C18H20N2O6S. The van der Waals surface area contributed by atoms with Gasteiger partial charge in [0.2, 0.25) is 10.0 Å². The highest BCUT2D eigenvalue weighted by atomic mass is 32.2. The molecule has 0 bridgehead atoms. The predicted octanol–water partition coefficient (Wildman–Crippen LogP) is 2.84. The maximum Gasteiger partial charge on any atom is 0.260 e. The van der Waals surface area contributed by atoms with Gasteiger partial charge in [0, 0.05) is 24.6 Å². The van der Waals surface area contributed by atoms with Crippen LogP contribution in [0.4, 0.5) is 5.69 Å². The van der Waals surface area contributed by atoms with Crippen LogP contribution in [0.5, 0.6) is 11.5 Å². The number of benzene rings is 1. The molecule has 9 heteroatoms. The van der Waals surface area contributed by atoms with Gasteiger partial charge < -0.3 is 19.2 Å². The first-order chi connectivity index (χ1) is 12.7. The van der Waals surface area contributed by atoms with E-state index in [9.17, 15) is 13.2 Å². The Labute approximate surface area is 156 Å². The fraction of sp³-hybridized carbons (Fsp3) is 0.389. The van der Waals surface area contributed by atoms with Gasteiger partial charge in [-0.05, 0) is 38.8 Å². The Morgan fingerprint density at radius 1 is 1.11 bits per heavy atom. The average Bonchev–Trinajstić information content (AvgIpc) is 3.23. The Morgan fingerprint density at radius 3 is 2.44 bits per heavy atom. The average molecular weight is 392 g/mol. The summed E-state index contributed by atoms with van der Waals surface area (Å²) in [5.74, 6) is 0.234. The first-order valence-electron chi connectivity index (χ1n) is 8.65. The van der Waals surface area contributed by atoms with Crippen molar-refractivity contribution in [1.82, 2.24) is 0 Å². The number of ether oxygens (including phenoxy) is 2. The van der Waals surface area contributed by atoms with Crippen molar-refractivity contribution in [2.24, 2.45) is 5.14 Å². The van der Waals surface area contributed by atoms with Crippen molar-refractivity contribution in [2.75, 3.05) is 5.32 Å². The Kier molecular flexibility index (Phi) is 3.97. The standard InChI is InChI=1S/C18H20N2O6S/c1-10-15(16(11(2)24-10)27(19,22)23)17(21)20-12-5-6-13-14(9-12)26-18(25-13)7-3-4-8-18/h5-6,9H,3-4,7-8H2,1-2H3,(H,20,21)(H2,19,22,23). The molecule has 0 saturated heterocycles. The molecule has 1 aromatic carbocycles. The molecule has 1 aliphatic carbocycles. The zero-order valence-electron chi connectivity index (χ0n) is 15.0. The molecule has 2 heterocycles. The monoisotopic (exact) mass is 392 g/mol. The second-order valence-electron chi connectivity index (χ2n) is 6.90. The summed E-state index contributed by atoms with van der Waals surface area (Å²) in [4.78, 5) is 12.4. The van der Waals surface area contributed by atoms with Crippen molar-refractivity contribution in [3.63, 3.8) is 0 Å². The SMILES string of the molecule is Cc1oc(C)c(S(N)(=O)=O)c1C(=O)Nc1ccc2c(c1)OC1(CCCC1)O2. The quantitative estimate of drug-likeness (QED) is 0.828. The Morgan fingerprint density at radius 2 is 1.78 bits per heavy atom. The minimum atomic E-state index is -4.10. The number of furan rings is 1. The second-order valence-corrected chi connectivity index (χ2v) is 8.40. The van der Waals surface area contributed by atoms with Crippen molar-refractivity contribution in [3.8, 4) is 11.5 Å². The zero-order chi connectivity index (χ0) is 19.4. The molecule has 1 aromatic heterocycles. The Hall–Kier alpha value is -2.52. The van der Waals surface area contributed by atoms with E-state index in [0.29, 0.717) is 17.2 Å². The molecular weight excluding hydrogens is 372 g/mol. The van der Waals surface area contributed by atoms with Crippen LogP contribution >= 0.6 is 0 Å². The molecule has 1 aliphatic heterocycles. The summed E-state index contributed by atoms with van der Waals surface area (Å²) in [5, 5.41) is 7.92. The van der Waals surface area contributed by atoms with Gasteiger partial charge in [-0.25, -0.2) is 13.6 Å². The number of anilines is 1. The van der Waals surface area contributed by atoms with E-state index in [-0.39, 0.29) is 22.0 Å². The van der Waals surface area contributed by atoms with Crippen LogP contribution in [-0.2, 0) is 10.0 Å². The maximum atomic E-state index is 12.7. The van der Waals surface area contributed by atoms with E-state index in [2.05, 4.69) is 5.32 Å². The fourth-order valence-electron chi connectivity index (χ4n) is 3.75. The summed E-state index contributed by atoms with van der Waals surface area (Å²) in [6.07, 6.45) is 3.75. The molecule has 3 N–H and O–H groups in total. The van der Waals surface area contributed by atoms with Crippen molar-refractivity contribution in [1.29, 1.82) is 0 Å². The largest absolute Gasteiger partial charge is 0.464 e. The van der Waals surface area contributed by atoms with Gasteiger partial charge in [0.25, 0.3) is 11.7 Å². The van der Waals surface area contributed by atoms with Gasteiger partial charge in [-0.2, -0.15) is 0 Å². The number of rotatable bonds is 3. The summed E-state index contributed by atoms with van der Waals surface area (Å²) in [6.45, 7) is 2.96. The number of fused-ring (bicyclic) bond motifs is 1. The third kappa shape index (κ3) is 3.06. The first kappa shape index (κ1) is 17.9. The van der Waals surface area contributed by atoms with Gasteiger partial charge in [-0.15, -0.1) is 0 Å². The van der Waals surface area contributed by atoms with Crippen molar-refractivity contribution >= 4 is 21.6 Å². The lowest BCUT2D eigenvalue weighted by molar-refractivity contribution is -0.0716. The minimum Gasteiger partial charge on any atom is -0.464 e. The number of amides is 1. The van der Waals surface area contributed by atoms with E-state index in [1.54, 1.807) is 18.2 Å². The molecule has 8 nitrogen and oxygen atoms in total. The number of nitrogens with one attached hydrogen (secondary N) is 1. The van der Waals surface area contributed by atoms with Gasteiger partial charge in [-0.1, -0.05) is 0 Å². The van der Waals surface area contributed by atoms with Crippen molar-refractivity contribution in [2.45, 2.75) is 50.2 Å². The molecule has 1 amide bonds. The molecule has 0 atom stereocenters. The fourth-order valence-corrected chi connectivity index (χ4v) is 4.71. The van der Waals surface area contributed by atoms with Crippen LogP contribution < -0.4 is 19.9 Å². The van der Waals surface area contributed by atoms with Crippen LogP contribution in [0.25, 0.3) is 0 Å². The lowest BCUT2D eigenvalue weighted by Gasteiger charge is -2.21. The first-order valence-corrected chi connectivity index (χ1v) is 10.2. The smallest absolute Gasteiger partial charge is 0.260 e. The molecule has 4 rings (SSSR count). The maximum absolute atomic E-state index is 12.7. The molecule has 1 spiro atoms. The normalized spacial score (nSPS) is 17.4. The number of nitrogens with two attached hydrogens (primary N) is 1. The summed E-state index contributed by atoms with van der Waals surface area (Å²) >= 11 is 0. The third-order valence-corrected chi connectivity index (χ3v) is 5.94. The van der Waals surface area contributed by atoms with Gasteiger partial charge >= 0.3 is 0 Å². The minimum absolute atomic E-state index is 0.0778. The highest BCUT2D eigenvalue weighted by Gasteiger charge is 2.44. The highest BCUT2D eigenvalue weighted by molar-refractivity contribution is 7.89. The van der Waals surface area contributed by atoms with E-state index in [0.717, 1.165) is 25.7 Å². The molecule has 144 valence electrons. The molecule has 1 fully saturated rings. The van der Waals surface area contributed by atoms with E-state index in [1.807, 2.05) is 0 Å². The van der Waals surface area contributed by atoms with E-state index >= 15 is 0 Å². The van der Waals surface area contributed by atoms with Gasteiger partial charge in [0.05, 0.1) is 0 Å². The summed E-state index contributed by atoms with van der Waals surface area (Å²) in [6, 6.07) is 5.07. The van der Waals surface area contributed by atoms with Crippen molar-refractivity contribution in [3.05, 3.63) is 35.3 Å². The highest BCUT2D eigenvalue weighted by Crippen LogP contribution is 2.47. The molecule has 0 radical (unpaired) electrons. The number of aryl methyl sites for hydroxylation is 2. The zero-order valence-corrected chi connectivity index (χ0v) is 15.8. The second kappa shape index (κ2) is 6.00. The van der Waals surface area contributed by atoms with Crippen LogP contribution in [0.1, 0.15) is 47.6 Å².